The highest BCUT2D eigenvalue weighted by Crippen LogP contribution is 2.74. The van der Waals surface area contributed by atoms with Crippen LogP contribution in [0.1, 0.15) is 47.0 Å². The Balaban J connectivity index is 1.49. The number of rotatable bonds is 6. The first-order valence-corrected chi connectivity index (χ1v) is 9.74. The minimum atomic E-state index is -4.04. The number of alkyl halides is 2. The summed E-state index contributed by atoms with van der Waals surface area (Å²) >= 11 is -0.687. The van der Waals surface area contributed by atoms with Gasteiger partial charge >= 0.3 is 11.2 Å². The summed E-state index contributed by atoms with van der Waals surface area (Å²) in [6.45, 7) is 8.04. The first kappa shape index (κ1) is 19.8. The quantitative estimate of drug-likeness (QED) is 0.285. The number of carbonyl (C=O) groups excluding carboxylic acids is 1. The Morgan fingerprint density at radius 2 is 1.78 bits per heavy atom. The third-order valence-corrected chi connectivity index (χ3v) is 7.74. The first-order chi connectivity index (χ1) is 12.4. The molecule has 0 spiro atoms. The topological polar surface area (TPSA) is 86.3 Å². The van der Waals surface area contributed by atoms with Gasteiger partial charge in [0.25, 0.3) is 0 Å². The van der Waals surface area contributed by atoms with Gasteiger partial charge < -0.3 is 19.5 Å². The molecule has 4 saturated heterocycles. The van der Waals surface area contributed by atoms with Gasteiger partial charge in [-0.1, -0.05) is 0 Å². The molecular weight excluding hydrogens is 386 g/mol. The van der Waals surface area contributed by atoms with E-state index in [1.165, 1.54) is 0 Å². The van der Waals surface area contributed by atoms with Crippen LogP contribution in [-0.2, 0) is 28.4 Å². The van der Waals surface area contributed by atoms with Crippen LogP contribution in [0.15, 0.2) is 0 Å². The van der Waals surface area contributed by atoms with E-state index in [0.29, 0.717) is 6.42 Å². The van der Waals surface area contributed by atoms with Crippen molar-refractivity contribution in [2.24, 2.45) is 17.8 Å². The highest BCUT2D eigenvalue weighted by Gasteiger charge is 2.80. The zero-order valence-corrected chi connectivity index (χ0v) is 16.4. The van der Waals surface area contributed by atoms with Crippen LogP contribution in [-0.4, -0.2) is 40.2 Å². The second kappa shape index (κ2) is 5.76. The molecule has 0 aromatic rings. The third kappa shape index (κ3) is 2.60. The summed E-state index contributed by atoms with van der Waals surface area (Å²) in [6, 6.07) is 0. The Morgan fingerprint density at radius 1 is 1.15 bits per heavy atom. The normalized spacial score (nSPS) is 50.3. The van der Waals surface area contributed by atoms with E-state index < -0.39 is 34.5 Å². The maximum Gasteiger partial charge on any atom is 0.415 e. The summed E-state index contributed by atoms with van der Waals surface area (Å²) < 4.78 is 48.5. The van der Waals surface area contributed by atoms with Crippen LogP contribution < -0.4 is 5.26 Å². The third-order valence-electron chi connectivity index (χ3n) is 7.24. The average Bonchev–Trinajstić information content (AvgIpc) is 3.19. The molecule has 0 radical (unpaired) electrons. The van der Waals surface area contributed by atoms with Crippen molar-refractivity contribution in [1.29, 1.82) is 0 Å². The van der Waals surface area contributed by atoms with Crippen LogP contribution in [0.4, 0.5) is 8.78 Å². The predicted molar refractivity (Wildman–Crippen MR) is 85.8 cm³/mol. The van der Waals surface area contributed by atoms with Gasteiger partial charge in [-0.25, -0.2) is 4.79 Å². The number of fused-ring (bicyclic) bond motifs is 9. The summed E-state index contributed by atoms with van der Waals surface area (Å²) in [5, 5.41) is 8.52. The number of esters is 1. The SMILES string of the molecule is CC12CCC(C)(O1)C1C2C2(C)CC(COC(=O)C(F)(F)SOO[O-])C1(C)O2. The van der Waals surface area contributed by atoms with E-state index in [1.54, 1.807) is 0 Å². The van der Waals surface area contributed by atoms with Gasteiger partial charge in [0, 0.05) is 17.8 Å². The van der Waals surface area contributed by atoms with Crippen molar-refractivity contribution in [2.75, 3.05) is 6.61 Å². The Hall–Kier alpha value is -0.520. The molecule has 4 fully saturated rings. The van der Waals surface area contributed by atoms with Gasteiger partial charge in [-0.3, -0.25) is 5.04 Å². The van der Waals surface area contributed by atoms with E-state index in [4.69, 9.17) is 14.2 Å². The van der Waals surface area contributed by atoms with Gasteiger partial charge in [-0.05, 0) is 47.0 Å². The fourth-order valence-corrected chi connectivity index (χ4v) is 6.85. The van der Waals surface area contributed by atoms with E-state index in [2.05, 4.69) is 23.2 Å². The molecule has 0 aliphatic carbocycles. The largest absolute Gasteiger partial charge is 0.691 e. The van der Waals surface area contributed by atoms with Crippen LogP contribution in [0.2, 0.25) is 0 Å². The van der Waals surface area contributed by atoms with Crippen LogP contribution in [0, 0.1) is 17.8 Å². The number of ether oxygens (including phenoxy) is 3. The molecule has 0 N–H and O–H groups in total. The van der Waals surface area contributed by atoms with Crippen LogP contribution in [0.25, 0.3) is 0 Å². The lowest BCUT2D eigenvalue weighted by atomic mass is 9.53. The molecule has 7 unspecified atom stereocenters. The van der Waals surface area contributed by atoms with E-state index in [0.717, 1.165) is 12.8 Å². The molecule has 10 heteroatoms. The lowest BCUT2D eigenvalue weighted by Gasteiger charge is -2.46. The number of hydrogen-bond donors (Lipinski definition) is 0. The molecule has 7 nitrogen and oxygen atoms in total. The Morgan fingerprint density at radius 3 is 2.41 bits per heavy atom. The fraction of sp³-hybridized carbons (Fsp3) is 0.941. The average molecular weight is 409 g/mol. The molecule has 0 aromatic heterocycles. The lowest BCUT2D eigenvalue weighted by Crippen LogP contribution is -2.55. The van der Waals surface area contributed by atoms with Gasteiger partial charge in [0.2, 0.25) is 0 Å². The fourth-order valence-electron chi connectivity index (χ4n) is 6.61. The summed E-state index contributed by atoms with van der Waals surface area (Å²) in [6.07, 6.45) is 2.50. The Labute approximate surface area is 160 Å². The van der Waals surface area contributed by atoms with Crippen molar-refractivity contribution in [2.45, 2.75) is 74.6 Å². The van der Waals surface area contributed by atoms with Gasteiger partial charge in [0.15, 0.2) is 0 Å². The summed E-state index contributed by atoms with van der Waals surface area (Å²) in [5.74, 6) is -1.67. The molecule has 7 atom stereocenters. The van der Waals surface area contributed by atoms with Gasteiger partial charge in [0.1, 0.15) is 12.0 Å². The Bertz CT molecular complexity index is 665. The van der Waals surface area contributed by atoms with Crippen molar-refractivity contribution in [3.8, 4) is 0 Å². The van der Waals surface area contributed by atoms with Crippen LogP contribution >= 0.6 is 12.0 Å². The monoisotopic (exact) mass is 409 g/mol. The number of hydrogen-bond acceptors (Lipinski definition) is 8. The summed E-state index contributed by atoms with van der Waals surface area (Å²) in [4.78, 5) is 11.7. The molecule has 4 rings (SSSR count). The summed E-state index contributed by atoms with van der Waals surface area (Å²) in [7, 11) is 0. The van der Waals surface area contributed by atoms with Crippen molar-refractivity contribution in [3.05, 3.63) is 0 Å². The summed E-state index contributed by atoms with van der Waals surface area (Å²) in [5.41, 5.74) is -1.63. The van der Waals surface area contributed by atoms with Crippen molar-refractivity contribution >= 4 is 18.0 Å². The molecule has 154 valence electrons. The lowest BCUT2D eigenvalue weighted by molar-refractivity contribution is -0.777. The Kier molecular flexibility index (Phi) is 4.22. The van der Waals surface area contributed by atoms with Gasteiger partial charge in [0.05, 0.1) is 29.0 Å². The minimum absolute atomic E-state index is 0.110. The van der Waals surface area contributed by atoms with Gasteiger partial charge in [-0.2, -0.15) is 13.1 Å². The van der Waals surface area contributed by atoms with Crippen molar-refractivity contribution < 1.29 is 42.4 Å². The van der Waals surface area contributed by atoms with Crippen molar-refractivity contribution in [1.82, 2.24) is 0 Å². The molecular formula is C17H23F2O7S-. The number of carbonyl (C=O) groups is 1. The van der Waals surface area contributed by atoms with E-state index in [9.17, 15) is 18.8 Å². The smallest absolute Gasteiger partial charge is 0.415 e. The minimum Gasteiger partial charge on any atom is -0.691 e. The number of halogens is 2. The molecule has 0 saturated carbocycles. The molecule has 0 amide bonds. The van der Waals surface area contributed by atoms with Crippen LogP contribution in [0.5, 0.6) is 0 Å². The molecule has 4 bridgehead atoms. The van der Waals surface area contributed by atoms with Gasteiger partial charge in [-0.15, -0.1) is 0 Å². The van der Waals surface area contributed by atoms with Crippen LogP contribution in [0.3, 0.4) is 0 Å². The molecule has 4 aliphatic heterocycles. The molecule has 27 heavy (non-hydrogen) atoms. The van der Waals surface area contributed by atoms with E-state index in [-0.39, 0.29) is 35.6 Å². The second-order valence-electron chi connectivity index (χ2n) is 9.02. The molecule has 4 aliphatic rings. The maximum absolute atomic E-state index is 13.6. The molecule has 0 aromatic carbocycles. The highest BCUT2D eigenvalue weighted by molar-refractivity contribution is 7.96. The molecule has 4 heterocycles. The maximum atomic E-state index is 13.6. The highest BCUT2D eigenvalue weighted by atomic mass is 32.2. The zero-order chi connectivity index (χ0) is 19.9. The van der Waals surface area contributed by atoms with Crippen molar-refractivity contribution in [3.63, 3.8) is 0 Å². The van der Waals surface area contributed by atoms with E-state index in [1.807, 2.05) is 13.8 Å². The second-order valence-corrected chi connectivity index (χ2v) is 9.83. The standard InChI is InChI=1S/C17H24F2O7S/c1-13-5-6-14(2,23-13)11-10(13)15(3)7-9(16(11,4)24-15)8-22-12(20)17(18,19)27-26-25-21/h9-11,21H,5-8H2,1-4H3/p-1. The predicted octanol–water partition coefficient (Wildman–Crippen LogP) is 2.14. The first-order valence-electron chi connectivity index (χ1n) is 9.00. The zero-order valence-electron chi connectivity index (χ0n) is 15.6. The van der Waals surface area contributed by atoms with E-state index >= 15 is 0 Å².